The number of nitrogens with one attached hydrogen (secondary N) is 1. The van der Waals surface area contributed by atoms with Crippen molar-refractivity contribution >= 4 is 27.7 Å². The summed E-state index contributed by atoms with van der Waals surface area (Å²) in [5.41, 5.74) is 4.44. The van der Waals surface area contributed by atoms with Gasteiger partial charge in [0.25, 0.3) is 0 Å². The van der Waals surface area contributed by atoms with Gasteiger partial charge in [0.2, 0.25) is 0 Å². The summed E-state index contributed by atoms with van der Waals surface area (Å²) in [6.07, 6.45) is 4.82. The van der Waals surface area contributed by atoms with Crippen molar-refractivity contribution in [2.75, 3.05) is 13.2 Å². The first kappa shape index (κ1) is 17.5. The predicted molar refractivity (Wildman–Crippen MR) is 105 cm³/mol. The number of rotatable bonds is 6. The molecule has 1 heterocycles. The number of aliphatic imine (C=N–C) groups is 1. The van der Waals surface area contributed by atoms with E-state index in [1.165, 1.54) is 5.56 Å². The molecule has 25 heavy (non-hydrogen) atoms. The van der Waals surface area contributed by atoms with E-state index in [-0.39, 0.29) is 5.75 Å². The summed E-state index contributed by atoms with van der Waals surface area (Å²) in [4.78, 5) is 4.40. The van der Waals surface area contributed by atoms with Crippen LogP contribution in [-0.2, 0) is 6.54 Å². The van der Waals surface area contributed by atoms with E-state index in [1.54, 1.807) is 6.07 Å². The maximum absolute atomic E-state index is 10.0. The lowest BCUT2D eigenvalue weighted by Gasteiger charge is -2.15. The first-order valence-electron chi connectivity index (χ1n) is 8.34. The molecule has 0 fully saturated rings. The standard InChI is InChI=1S/C20H21BrN2O2/c1-2-7-25-20-6-3-14(8-19(20)24)10-22-12-16-13-23-11-15-4-5-17(21)9-18(15)16/h3-6,8-9,11-12,22,24H,2,7,10,13H2,1H3/b16-12+. The van der Waals surface area contributed by atoms with Crippen molar-refractivity contribution in [3.8, 4) is 11.5 Å². The van der Waals surface area contributed by atoms with Crippen molar-refractivity contribution in [1.82, 2.24) is 5.32 Å². The molecule has 4 nitrogen and oxygen atoms in total. The minimum atomic E-state index is 0.178. The molecule has 0 atom stereocenters. The smallest absolute Gasteiger partial charge is 0.160 e. The maximum Gasteiger partial charge on any atom is 0.160 e. The number of aromatic hydroxyl groups is 1. The molecule has 130 valence electrons. The lowest BCUT2D eigenvalue weighted by Crippen LogP contribution is -2.09. The number of benzene rings is 2. The molecule has 2 N–H and O–H groups in total. The number of fused-ring (bicyclic) bond motifs is 1. The van der Waals surface area contributed by atoms with Crippen LogP contribution in [0.5, 0.6) is 11.5 Å². The first-order valence-corrected chi connectivity index (χ1v) is 9.13. The zero-order valence-corrected chi connectivity index (χ0v) is 15.7. The van der Waals surface area contributed by atoms with Crippen molar-refractivity contribution in [3.05, 3.63) is 63.8 Å². The Bertz CT molecular complexity index is 815. The van der Waals surface area contributed by atoms with Crippen LogP contribution in [0.25, 0.3) is 5.57 Å². The Labute approximate surface area is 156 Å². The summed E-state index contributed by atoms with van der Waals surface area (Å²) < 4.78 is 6.54. The average Bonchev–Trinajstić information content (AvgIpc) is 2.61. The third-order valence-corrected chi connectivity index (χ3v) is 4.41. The van der Waals surface area contributed by atoms with Crippen molar-refractivity contribution in [2.45, 2.75) is 19.9 Å². The Balaban J connectivity index is 1.67. The molecular weight excluding hydrogens is 380 g/mol. The minimum Gasteiger partial charge on any atom is -0.504 e. The quantitative estimate of drug-likeness (QED) is 0.749. The molecule has 0 amide bonds. The zero-order valence-electron chi connectivity index (χ0n) is 14.1. The molecule has 0 saturated carbocycles. The Kier molecular flexibility index (Phi) is 5.76. The number of ether oxygens (including phenoxy) is 1. The third kappa shape index (κ3) is 4.42. The highest BCUT2D eigenvalue weighted by atomic mass is 79.9. The highest BCUT2D eigenvalue weighted by Crippen LogP contribution is 2.27. The van der Waals surface area contributed by atoms with Gasteiger partial charge in [0.05, 0.1) is 13.2 Å². The van der Waals surface area contributed by atoms with E-state index in [1.807, 2.05) is 37.5 Å². The summed E-state index contributed by atoms with van der Waals surface area (Å²) >= 11 is 3.52. The van der Waals surface area contributed by atoms with E-state index in [4.69, 9.17) is 4.74 Å². The number of nitrogens with zero attached hydrogens (tertiary/aromatic N) is 1. The topological polar surface area (TPSA) is 53.8 Å². The predicted octanol–water partition coefficient (Wildman–Crippen LogP) is 4.51. The van der Waals surface area contributed by atoms with Crippen LogP contribution in [0.3, 0.4) is 0 Å². The van der Waals surface area contributed by atoms with Gasteiger partial charge in [-0.05, 0) is 52.9 Å². The molecule has 0 aromatic heterocycles. The molecule has 0 aliphatic carbocycles. The van der Waals surface area contributed by atoms with E-state index < -0.39 is 0 Å². The second kappa shape index (κ2) is 8.21. The van der Waals surface area contributed by atoms with Crippen LogP contribution in [0, 0.1) is 0 Å². The zero-order chi connectivity index (χ0) is 17.6. The molecule has 0 unspecified atom stereocenters. The lowest BCUT2D eigenvalue weighted by molar-refractivity contribution is 0.299. The number of hydrogen-bond donors (Lipinski definition) is 2. The van der Waals surface area contributed by atoms with Crippen LogP contribution in [0.1, 0.15) is 30.0 Å². The fraction of sp³-hybridized carbons (Fsp3) is 0.250. The molecule has 0 bridgehead atoms. The van der Waals surface area contributed by atoms with Crippen molar-refractivity contribution in [2.24, 2.45) is 4.99 Å². The molecule has 0 radical (unpaired) electrons. The highest BCUT2D eigenvalue weighted by molar-refractivity contribution is 9.10. The molecule has 2 aromatic rings. The first-order chi connectivity index (χ1) is 12.2. The Morgan fingerprint density at radius 3 is 2.96 bits per heavy atom. The van der Waals surface area contributed by atoms with E-state index >= 15 is 0 Å². The summed E-state index contributed by atoms with van der Waals surface area (Å²) in [6, 6.07) is 11.7. The van der Waals surface area contributed by atoms with Crippen molar-refractivity contribution in [1.29, 1.82) is 0 Å². The van der Waals surface area contributed by atoms with Gasteiger partial charge in [0.1, 0.15) is 0 Å². The summed E-state index contributed by atoms with van der Waals surface area (Å²) in [5, 5.41) is 13.4. The second-order valence-corrected chi connectivity index (χ2v) is 6.82. The largest absolute Gasteiger partial charge is 0.504 e. The molecule has 3 rings (SSSR count). The van der Waals surface area contributed by atoms with Gasteiger partial charge in [-0.3, -0.25) is 4.99 Å². The molecule has 1 aliphatic heterocycles. The van der Waals surface area contributed by atoms with Crippen LogP contribution >= 0.6 is 15.9 Å². The maximum atomic E-state index is 10.0. The van der Waals surface area contributed by atoms with Crippen LogP contribution in [0.15, 0.2) is 52.1 Å². The summed E-state index contributed by atoms with van der Waals surface area (Å²) in [7, 11) is 0. The van der Waals surface area contributed by atoms with Crippen LogP contribution < -0.4 is 10.1 Å². The van der Waals surface area contributed by atoms with E-state index in [9.17, 15) is 5.11 Å². The molecule has 0 spiro atoms. The number of halogens is 1. The van der Waals surface area contributed by atoms with Crippen molar-refractivity contribution in [3.63, 3.8) is 0 Å². The van der Waals surface area contributed by atoms with Crippen molar-refractivity contribution < 1.29 is 9.84 Å². The monoisotopic (exact) mass is 400 g/mol. The van der Waals surface area contributed by atoms with Gasteiger partial charge in [-0.25, -0.2) is 0 Å². The van der Waals surface area contributed by atoms with Gasteiger partial charge in [0.15, 0.2) is 11.5 Å². The normalized spacial score (nSPS) is 14.4. The van der Waals surface area contributed by atoms with Crippen LogP contribution in [0.2, 0.25) is 0 Å². The summed E-state index contributed by atoms with van der Waals surface area (Å²) in [6.45, 7) is 3.92. The molecular formula is C20H21BrN2O2. The molecule has 1 aliphatic rings. The van der Waals surface area contributed by atoms with Gasteiger partial charge in [-0.2, -0.15) is 0 Å². The third-order valence-electron chi connectivity index (χ3n) is 3.92. The lowest BCUT2D eigenvalue weighted by atomic mass is 9.99. The Morgan fingerprint density at radius 2 is 2.16 bits per heavy atom. The van der Waals surface area contributed by atoms with Gasteiger partial charge >= 0.3 is 0 Å². The fourth-order valence-corrected chi connectivity index (χ4v) is 3.03. The van der Waals surface area contributed by atoms with Crippen LogP contribution in [-0.4, -0.2) is 24.5 Å². The average molecular weight is 401 g/mol. The van der Waals surface area contributed by atoms with E-state index in [0.29, 0.717) is 25.4 Å². The van der Waals surface area contributed by atoms with Gasteiger partial charge in [0, 0.05) is 23.4 Å². The Morgan fingerprint density at radius 1 is 1.28 bits per heavy atom. The SMILES string of the molecule is CCCOc1ccc(CN/C=C2\CN=Cc3ccc(Br)cc32)cc1O. The molecule has 2 aromatic carbocycles. The van der Waals surface area contributed by atoms with E-state index in [2.05, 4.69) is 38.4 Å². The molecule has 0 saturated heterocycles. The van der Waals surface area contributed by atoms with Gasteiger partial charge in [-0.1, -0.05) is 35.0 Å². The Hall–Kier alpha value is -2.27. The fourth-order valence-electron chi connectivity index (χ4n) is 2.67. The van der Waals surface area contributed by atoms with Gasteiger partial charge < -0.3 is 15.2 Å². The number of phenols is 1. The summed E-state index contributed by atoms with van der Waals surface area (Å²) in [5.74, 6) is 0.710. The number of hydrogen-bond acceptors (Lipinski definition) is 4. The highest BCUT2D eigenvalue weighted by Gasteiger charge is 2.11. The van der Waals surface area contributed by atoms with Crippen LogP contribution in [0.4, 0.5) is 0 Å². The van der Waals surface area contributed by atoms with Gasteiger partial charge in [-0.15, -0.1) is 0 Å². The molecule has 5 heteroatoms. The minimum absolute atomic E-state index is 0.178. The second-order valence-electron chi connectivity index (χ2n) is 5.90. The van der Waals surface area contributed by atoms with E-state index in [0.717, 1.165) is 27.6 Å². The number of phenolic OH excluding ortho intramolecular Hbond substituents is 1.